The van der Waals surface area contributed by atoms with Crippen LogP contribution in [-0.2, 0) is 22.6 Å². The number of furan rings is 1. The second-order valence-electron chi connectivity index (χ2n) is 7.18. The van der Waals surface area contributed by atoms with Crippen molar-refractivity contribution in [3.63, 3.8) is 0 Å². The minimum Gasteiger partial charge on any atom is -0.478 e. The van der Waals surface area contributed by atoms with Crippen LogP contribution < -0.4 is 5.32 Å². The normalized spacial score (nSPS) is 11.4. The number of rotatable bonds is 14. The van der Waals surface area contributed by atoms with Gasteiger partial charge in [-0.25, -0.2) is 4.79 Å². The fourth-order valence-electron chi connectivity index (χ4n) is 3.14. The fourth-order valence-corrected chi connectivity index (χ4v) is 3.97. The molecule has 2 N–H and O–H groups in total. The van der Waals surface area contributed by atoms with E-state index in [0.29, 0.717) is 25.3 Å². The van der Waals surface area contributed by atoms with Crippen LogP contribution >= 0.6 is 11.3 Å². The lowest BCUT2D eigenvalue weighted by Crippen LogP contribution is -2.21. The summed E-state index contributed by atoms with van der Waals surface area (Å²) in [5, 5.41) is 14.1. The SMILES string of the molecule is CCCCCCC(=O)CNCc1cc(-c2oc(C=CC(=O)O)cc2CCC)cs1. The lowest BCUT2D eigenvalue weighted by atomic mass is 10.1. The average Bonchev–Trinajstić information content (AvgIpc) is 3.31. The molecular weight excluding hydrogens is 386 g/mol. The molecule has 0 radical (unpaired) electrons. The van der Waals surface area contributed by atoms with E-state index >= 15 is 0 Å². The number of aryl methyl sites for hydroxylation is 1. The van der Waals surface area contributed by atoms with Crippen molar-refractivity contribution in [2.24, 2.45) is 0 Å². The smallest absolute Gasteiger partial charge is 0.328 e. The van der Waals surface area contributed by atoms with E-state index in [4.69, 9.17) is 9.52 Å². The summed E-state index contributed by atoms with van der Waals surface area (Å²) in [5.41, 5.74) is 2.08. The number of nitrogens with one attached hydrogen (secondary N) is 1. The first kappa shape index (κ1) is 23.1. The highest BCUT2D eigenvalue weighted by molar-refractivity contribution is 7.10. The van der Waals surface area contributed by atoms with Gasteiger partial charge in [-0.3, -0.25) is 4.79 Å². The largest absolute Gasteiger partial charge is 0.478 e. The van der Waals surface area contributed by atoms with Crippen molar-refractivity contribution in [2.75, 3.05) is 6.54 Å². The van der Waals surface area contributed by atoms with Crippen molar-refractivity contribution in [1.29, 1.82) is 0 Å². The Kier molecular flexibility index (Phi) is 9.88. The van der Waals surface area contributed by atoms with Gasteiger partial charge in [0.2, 0.25) is 0 Å². The summed E-state index contributed by atoms with van der Waals surface area (Å²) in [6.45, 7) is 5.33. The minimum absolute atomic E-state index is 0.268. The molecule has 0 unspecified atom stereocenters. The molecular formula is C23H31NO4S. The monoisotopic (exact) mass is 417 g/mol. The van der Waals surface area contributed by atoms with Crippen LogP contribution in [-0.4, -0.2) is 23.4 Å². The van der Waals surface area contributed by atoms with E-state index in [1.54, 1.807) is 11.3 Å². The maximum absolute atomic E-state index is 11.9. The van der Waals surface area contributed by atoms with Crippen molar-refractivity contribution in [3.8, 4) is 11.3 Å². The van der Waals surface area contributed by atoms with Crippen molar-refractivity contribution in [3.05, 3.63) is 39.8 Å². The Morgan fingerprint density at radius 2 is 2.00 bits per heavy atom. The number of hydrogen-bond acceptors (Lipinski definition) is 5. The predicted octanol–water partition coefficient (Wildman–Crippen LogP) is 5.69. The van der Waals surface area contributed by atoms with E-state index in [0.717, 1.165) is 53.5 Å². The molecule has 2 rings (SSSR count). The predicted molar refractivity (Wildman–Crippen MR) is 118 cm³/mol. The van der Waals surface area contributed by atoms with Crippen molar-refractivity contribution >= 4 is 29.2 Å². The number of carbonyl (C=O) groups is 2. The van der Waals surface area contributed by atoms with Gasteiger partial charge in [-0.05, 0) is 36.6 Å². The molecule has 29 heavy (non-hydrogen) atoms. The Balaban J connectivity index is 1.93. The summed E-state index contributed by atoms with van der Waals surface area (Å²) in [6, 6.07) is 3.98. The highest BCUT2D eigenvalue weighted by atomic mass is 32.1. The highest BCUT2D eigenvalue weighted by Crippen LogP contribution is 2.32. The van der Waals surface area contributed by atoms with Crippen molar-refractivity contribution in [2.45, 2.75) is 65.3 Å². The van der Waals surface area contributed by atoms with Crippen molar-refractivity contribution < 1.29 is 19.1 Å². The van der Waals surface area contributed by atoms with Crippen LogP contribution in [0.25, 0.3) is 17.4 Å². The summed E-state index contributed by atoms with van der Waals surface area (Å²) in [5.74, 6) is 0.615. The summed E-state index contributed by atoms with van der Waals surface area (Å²) in [4.78, 5) is 23.8. The lowest BCUT2D eigenvalue weighted by molar-refractivity contribution is -0.131. The molecule has 0 fully saturated rings. The van der Waals surface area contributed by atoms with Gasteiger partial charge in [0.25, 0.3) is 0 Å². The number of Topliss-reactive ketones (excluding diaryl/α,β-unsaturated/α-hetero) is 1. The Hall–Kier alpha value is -2.18. The quantitative estimate of drug-likeness (QED) is 0.305. The zero-order valence-electron chi connectivity index (χ0n) is 17.3. The number of ketones is 1. The highest BCUT2D eigenvalue weighted by Gasteiger charge is 2.14. The maximum Gasteiger partial charge on any atom is 0.328 e. The number of hydrogen-bond donors (Lipinski definition) is 2. The third kappa shape index (κ3) is 7.99. The number of unbranched alkanes of at least 4 members (excludes halogenated alkanes) is 3. The molecule has 158 valence electrons. The molecule has 2 aromatic rings. The molecule has 0 aliphatic rings. The first-order valence-corrected chi connectivity index (χ1v) is 11.2. The Morgan fingerprint density at radius 3 is 2.72 bits per heavy atom. The van der Waals surface area contributed by atoms with Crippen LogP contribution in [0.4, 0.5) is 0 Å². The van der Waals surface area contributed by atoms with Gasteiger partial charge in [0.1, 0.15) is 17.3 Å². The molecule has 2 aromatic heterocycles. The molecule has 0 aliphatic carbocycles. The third-order valence-electron chi connectivity index (χ3n) is 4.58. The molecule has 6 heteroatoms. The van der Waals surface area contributed by atoms with Crippen LogP contribution in [0.15, 0.2) is 28.0 Å². The molecule has 5 nitrogen and oxygen atoms in total. The van der Waals surface area contributed by atoms with Crippen LogP contribution in [0, 0.1) is 0 Å². The lowest BCUT2D eigenvalue weighted by Gasteiger charge is -2.03. The van der Waals surface area contributed by atoms with Crippen LogP contribution in [0.2, 0.25) is 0 Å². The van der Waals surface area contributed by atoms with Crippen LogP contribution in [0.5, 0.6) is 0 Å². The Morgan fingerprint density at radius 1 is 1.17 bits per heavy atom. The summed E-state index contributed by atoms with van der Waals surface area (Å²) in [6.07, 6.45) is 9.55. The molecule has 0 saturated carbocycles. The number of carboxylic acids is 1. The first-order valence-electron chi connectivity index (χ1n) is 10.4. The number of aliphatic carboxylic acids is 1. The van der Waals surface area contributed by atoms with Gasteiger partial charge in [0, 0.05) is 34.9 Å². The molecule has 0 amide bonds. The zero-order chi connectivity index (χ0) is 21.1. The van der Waals surface area contributed by atoms with Gasteiger partial charge >= 0.3 is 5.97 Å². The second-order valence-corrected chi connectivity index (χ2v) is 8.18. The molecule has 0 spiro atoms. The van der Waals surface area contributed by atoms with Gasteiger partial charge in [-0.15, -0.1) is 11.3 Å². The Labute approximate surface area is 176 Å². The number of carboxylic acid groups (broad SMARTS) is 1. The maximum atomic E-state index is 11.9. The van der Waals surface area contributed by atoms with Crippen LogP contribution in [0.1, 0.15) is 68.6 Å². The van der Waals surface area contributed by atoms with Gasteiger partial charge < -0.3 is 14.8 Å². The summed E-state index contributed by atoms with van der Waals surface area (Å²) >= 11 is 1.63. The molecule has 0 bridgehead atoms. The first-order chi connectivity index (χ1) is 14.0. The zero-order valence-corrected chi connectivity index (χ0v) is 18.1. The molecule has 0 saturated heterocycles. The van der Waals surface area contributed by atoms with E-state index < -0.39 is 5.97 Å². The van der Waals surface area contributed by atoms with Gasteiger partial charge in [0.15, 0.2) is 0 Å². The van der Waals surface area contributed by atoms with E-state index in [2.05, 4.69) is 25.2 Å². The molecule has 0 aliphatic heterocycles. The van der Waals surface area contributed by atoms with Gasteiger partial charge in [-0.2, -0.15) is 0 Å². The molecule has 0 atom stereocenters. The minimum atomic E-state index is -0.996. The van der Waals surface area contributed by atoms with E-state index in [1.165, 1.54) is 18.9 Å². The Bertz CT molecular complexity index is 819. The third-order valence-corrected chi connectivity index (χ3v) is 5.52. The number of thiophene rings is 1. The van der Waals surface area contributed by atoms with Crippen molar-refractivity contribution in [1.82, 2.24) is 5.32 Å². The number of carbonyl (C=O) groups excluding carboxylic acids is 1. The van der Waals surface area contributed by atoms with E-state index in [9.17, 15) is 9.59 Å². The molecule has 2 heterocycles. The van der Waals surface area contributed by atoms with Gasteiger partial charge in [-0.1, -0.05) is 39.5 Å². The second kappa shape index (κ2) is 12.4. The van der Waals surface area contributed by atoms with Gasteiger partial charge in [0.05, 0.1) is 6.54 Å². The topological polar surface area (TPSA) is 79.5 Å². The molecule has 0 aromatic carbocycles. The van der Waals surface area contributed by atoms with E-state index in [-0.39, 0.29) is 5.78 Å². The summed E-state index contributed by atoms with van der Waals surface area (Å²) < 4.78 is 5.91. The van der Waals surface area contributed by atoms with E-state index in [1.807, 2.05) is 11.4 Å². The summed E-state index contributed by atoms with van der Waals surface area (Å²) in [7, 11) is 0. The fraction of sp³-hybridized carbons (Fsp3) is 0.478. The standard InChI is InChI=1S/C23H31NO4S/c1-3-5-6-7-9-19(25)14-24-15-21-13-18(16-29-21)23-17(8-4-2)12-20(28-23)10-11-22(26)27/h10-13,16,24H,3-9,14-15H2,1-2H3,(H,26,27). The van der Waals surface area contributed by atoms with Crippen LogP contribution in [0.3, 0.4) is 0 Å². The average molecular weight is 418 g/mol.